The third-order valence-electron chi connectivity index (χ3n) is 7.04. The van der Waals surface area contributed by atoms with Gasteiger partial charge in [-0.25, -0.2) is 0 Å². The van der Waals surface area contributed by atoms with E-state index in [1.54, 1.807) is 17.0 Å². The highest BCUT2D eigenvalue weighted by Crippen LogP contribution is 2.28. The minimum atomic E-state index is -0.573. The Morgan fingerprint density at radius 1 is 1.09 bits per heavy atom. The highest BCUT2D eigenvalue weighted by molar-refractivity contribution is 9.10. The van der Waals surface area contributed by atoms with Crippen molar-refractivity contribution < 1.29 is 14.4 Å². The smallest absolute Gasteiger partial charge is 0.251 e. The molecular formula is C25H36BrN3O3. The predicted molar refractivity (Wildman–Crippen MR) is 129 cm³/mol. The van der Waals surface area contributed by atoms with Gasteiger partial charge in [-0.1, -0.05) is 67.9 Å². The third-order valence-corrected chi connectivity index (χ3v) is 7.53. The van der Waals surface area contributed by atoms with Gasteiger partial charge in [0.05, 0.1) is 0 Å². The largest absolute Gasteiger partial charge is 0.340 e. The van der Waals surface area contributed by atoms with Crippen LogP contribution in [0.15, 0.2) is 28.7 Å². The molecule has 32 heavy (non-hydrogen) atoms. The fourth-order valence-electron chi connectivity index (χ4n) is 4.70. The maximum Gasteiger partial charge on any atom is 0.251 e. The molecule has 2 fully saturated rings. The molecule has 0 radical (unpaired) electrons. The second-order valence-corrected chi connectivity index (χ2v) is 10.2. The van der Waals surface area contributed by atoms with Crippen LogP contribution in [0.3, 0.4) is 0 Å². The molecule has 2 unspecified atom stereocenters. The lowest BCUT2D eigenvalue weighted by Crippen LogP contribution is -2.57. The average molecular weight is 506 g/mol. The molecular weight excluding hydrogens is 470 g/mol. The summed E-state index contributed by atoms with van der Waals surface area (Å²) < 4.78 is 0.824. The average Bonchev–Trinajstić information content (AvgIpc) is 3.33. The molecule has 1 aromatic carbocycles. The summed E-state index contributed by atoms with van der Waals surface area (Å²) in [5, 5.41) is 2.96. The molecule has 2 aliphatic rings. The lowest BCUT2D eigenvalue weighted by Gasteiger charge is -2.37. The van der Waals surface area contributed by atoms with Crippen molar-refractivity contribution in [1.82, 2.24) is 15.1 Å². The minimum absolute atomic E-state index is 0.0182. The Morgan fingerprint density at radius 3 is 2.38 bits per heavy atom. The summed E-state index contributed by atoms with van der Waals surface area (Å²) >= 11 is 3.39. The van der Waals surface area contributed by atoms with Gasteiger partial charge in [-0.05, 0) is 36.5 Å². The van der Waals surface area contributed by atoms with Crippen LogP contribution in [-0.2, 0) is 9.59 Å². The first-order chi connectivity index (χ1) is 15.4. The molecule has 0 bridgehead atoms. The first-order valence-corrected chi connectivity index (χ1v) is 12.8. The number of rotatable bonds is 8. The SMILES string of the molecule is CCC(C)C(NC(=O)c1cccc(Br)c1)C(=O)N1CCN(C(=O)CCC2CCCC2)CC1. The molecule has 0 aromatic heterocycles. The van der Waals surface area contributed by atoms with Gasteiger partial charge >= 0.3 is 0 Å². The molecule has 1 aliphatic carbocycles. The molecule has 6 nitrogen and oxygen atoms in total. The van der Waals surface area contributed by atoms with E-state index in [0.29, 0.717) is 44.1 Å². The van der Waals surface area contributed by atoms with Crippen LogP contribution in [0.4, 0.5) is 0 Å². The van der Waals surface area contributed by atoms with Crippen molar-refractivity contribution in [3.8, 4) is 0 Å². The van der Waals surface area contributed by atoms with Crippen molar-refractivity contribution in [2.45, 2.75) is 64.8 Å². The van der Waals surface area contributed by atoms with Gasteiger partial charge in [0.15, 0.2) is 0 Å². The Morgan fingerprint density at radius 2 is 1.75 bits per heavy atom. The monoisotopic (exact) mass is 505 g/mol. The summed E-state index contributed by atoms with van der Waals surface area (Å²) in [6.07, 6.45) is 7.53. The summed E-state index contributed by atoms with van der Waals surface area (Å²) in [6.45, 7) is 6.20. The molecule has 7 heteroatoms. The summed E-state index contributed by atoms with van der Waals surface area (Å²) in [7, 11) is 0. The van der Waals surface area contributed by atoms with Gasteiger partial charge in [0.2, 0.25) is 11.8 Å². The maximum atomic E-state index is 13.3. The van der Waals surface area contributed by atoms with E-state index in [4.69, 9.17) is 0 Å². The van der Waals surface area contributed by atoms with Crippen molar-refractivity contribution in [2.24, 2.45) is 11.8 Å². The second-order valence-electron chi connectivity index (χ2n) is 9.24. The fourth-order valence-corrected chi connectivity index (χ4v) is 5.09. The number of amides is 3. The summed E-state index contributed by atoms with van der Waals surface area (Å²) in [4.78, 5) is 42.4. The Balaban J connectivity index is 1.54. The van der Waals surface area contributed by atoms with Gasteiger partial charge in [0, 0.05) is 42.6 Å². The van der Waals surface area contributed by atoms with Crippen molar-refractivity contribution in [3.63, 3.8) is 0 Å². The topological polar surface area (TPSA) is 69.7 Å². The van der Waals surface area contributed by atoms with Crippen molar-refractivity contribution >= 4 is 33.7 Å². The molecule has 0 spiro atoms. The number of hydrogen-bond donors (Lipinski definition) is 1. The number of halogens is 1. The van der Waals surface area contributed by atoms with E-state index in [1.807, 2.05) is 30.9 Å². The quantitative estimate of drug-likeness (QED) is 0.574. The summed E-state index contributed by atoms with van der Waals surface area (Å²) in [5.41, 5.74) is 0.526. The van der Waals surface area contributed by atoms with Gasteiger partial charge < -0.3 is 15.1 Å². The van der Waals surface area contributed by atoms with Crippen LogP contribution in [0.1, 0.15) is 69.2 Å². The molecule has 1 saturated heterocycles. The number of nitrogens with one attached hydrogen (secondary N) is 1. The lowest BCUT2D eigenvalue weighted by atomic mass is 9.97. The van der Waals surface area contributed by atoms with Crippen molar-refractivity contribution in [2.75, 3.05) is 26.2 Å². The molecule has 1 saturated carbocycles. The fraction of sp³-hybridized carbons (Fsp3) is 0.640. The zero-order valence-corrected chi connectivity index (χ0v) is 20.9. The molecule has 176 valence electrons. The number of piperazine rings is 1. The maximum absolute atomic E-state index is 13.3. The molecule has 1 N–H and O–H groups in total. The number of carbonyl (C=O) groups is 3. The standard InChI is InChI=1S/C25H36BrN3O3/c1-3-18(2)23(27-24(31)20-9-6-10-21(26)17-20)25(32)29-15-13-28(14-16-29)22(30)12-11-19-7-4-5-8-19/h6,9-10,17-19,23H,3-5,7-8,11-16H2,1-2H3,(H,27,31). The Labute approximate surface area is 200 Å². The van der Waals surface area contributed by atoms with Crippen LogP contribution in [0.25, 0.3) is 0 Å². The van der Waals surface area contributed by atoms with Crippen LogP contribution < -0.4 is 5.32 Å². The zero-order valence-electron chi connectivity index (χ0n) is 19.3. The number of hydrogen-bond acceptors (Lipinski definition) is 3. The molecule has 1 aromatic rings. The van der Waals surface area contributed by atoms with Crippen LogP contribution >= 0.6 is 15.9 Å². The first-order valence-electron chi connectivity index (χ1n) is 12.0. The highest BCUT2D eigenvalue weighted by Gasteiger charge is 2.33. The van der Waals surface area contributed by atoms with Crippen LogP contribution in [0.5, 0.6) is 0 Å². The van der Waals surface area contributed by atoms with Crippen molar-refractivity contribution in [1.29, 1.82) is 0 Å². The molecule has 2 atom stereocenters. The lowest BCUT2D eigenvalue weighted by molar-refractivity contribution is -0.141. The van der Waals surface area contributed by atoms with E-state index in [2.05, 4.69) is 21.2 Å². The van der Waals surface area contributed by atoms with E-state index in [0.717, 1.165) is 17.3 Å². The van der Waals surface area contributed by atoms with E-state index >= 15 is 0 Å². The Kier molecular flexibility index (Phi) is 9.14. The Hall–Kier alpha value is -1.89. The normalized spacial score (nSPS) is 19.0. The predicted octanol–water partition coefficient (Wildman–Crippen LogP) is 4.23. The summed E-state index contributed by atoms with van der Waals surface area (Å²) in [5.74, 6) is 0.647. The molecule has 1 heterocycles. The molecule has 3 amide bonds. The molecule has 1 aliphatic heterocycles. The van der Waals surface area contributed by atoms with Gasteiger partial charge in [-0.3, -0.25) is 14.4 Å². The van der Waals surface area contributed by atoms with Crippen LogP contribution in [0, 0.1) is 11.8 Å². The highest BCUT2D eigenvalue weighted by atomic mass is 79.9. The van der Waals surface area contributed by atoms with E-state index < -0.39 is 6.04 Å². The van der Waals surface area contributed by atoms with Gasteiger partial charge in [-0.2, -0.15) is 0 Å². The van der Waals surface area contributed by atoms with E-state index in [9.17, 15) is 14.4 Å². The number of carbonyl (C=O) groups excluding carboxylic acids is 3. The van der Waals surface area contributed by atoms with Gasteiger partial charge in [0.25, 0.3) is 5.91 Å². The van der Waals surface area contributed by atoms with Gasteiger partial charge in [-0.15, -0.1) is 0 Å². The van der Waals surface area contributed by atoms with Crippen LogP contribution in [-0.4, -0.2) is 59.7 Å². The second kappa shape index (κ2) is 11.8. The Bertz CT molecular complexity index is 801. The zero-order chi connectivity index (χ0) is 23.1. The minimum Gasteiger partial charge on any atom is -0.340 e. The first kappa shape index (κ1) is 24.7. The van der Waals surface area contributed by atoms with Crippen molar-refractivity contribution in [3.05, 3.63) is 34.3 Å². The van der Waals surface area contributed by atoms with E-state index in [-0.39, 0.29) is 23.6 Å². The number of benzene rings is 1. The van der Waals surface area contributed by atoms with Crippen LogP contribution in [0.2, 0.25) is 0 Å². The molecule has 3 rings (SSSR count). The van der Waals surface area contributed by atoms with E-state index in [1.165, 1.54) is 25.7 Å². The third kappa shape index (κ3) is 6.56. The number of nitrogens with zero attached hydrogens (tertiary/aromatic N) is 2. The van der Waals surface area contributed by atoms with Gasteiger partial charge in [0.1, 0.15) is 6.04 Å². The summed E-state index contributed by atoms with van der Waals surface area (Å²) in [6, 6.07) is 6.60.